The first-order chi connectivity index (χ1) is 28.7. The van der Waals surface area contributed by atoms with Gasteiger partial charge in [-0.3, -0.25) is 33.7 Å². The second kappa shape index (κ2) is 23.8. The molecule has 1 aromatic rings. The van der Waals surface area contributed by atoms with Crippen molar-refractivity contribution < 1.29 is 54.1 Å². The molecule has 1 aromatic heterocycles. The zero-order chi connectivity index (χ0) is 44.1. The fourth-order valence-electron chi connectivity index (χ4n) is 8.40. The van der Waals surface area contributed by atoms with Crippen molar-refractivity contribution in [2.45, 2.75) is 170 Å². The average Bonchev–Trinajstić information content (AvgIpc) is 3.75. The predicted molar refractivity (Wildman–Crippen MR) is 217 cm³/mol. The van der Waals surface area contributed by atoms with Crippen molar-refractivity contribution in [3.05, 3.63) is 33.1 Å². The van der Waals surface area contributed by atoms with Crippen molar-refractivity contribution >= 4 is 17.8 Å². The Bertz CT molecular complexity index is 1630. The number of hydrogen-bond acceptors (Lipinski definition) is 15. The summed E-state index contributed by atoms with van der Waals surface area (Å²) < 4.78 is 18.6. The van der Waals surface area contributed by atoms with Crippen LogP contribution in [0.25, 0.3) is 0 Å². The Labute approximate surface area is 350 Å². The number of likely N-dealkylation sites (N-methyl/N-ethyl adjacent to an activating group) is 3. The number of aliphatic hydroxyl groups is 5. The van der Waals surface area contributed by atoms with Crippen LogP contribution < -0.4 is 22.3 Å². The number of carbonyl (C=O) groups is 3. The lowest BCUT2D eigenvalue weighted by molar-refractivity contribution is -0.233. The third-order valence-electron chi connectivity index (χ3n) is 11.9. The number of aromatic nitrogens is 2. The quantitative estimate of drug-likeness (QED) is 0.0414. The second-order valence-corrected chi connectivity index (χ2v) is 16.3. The fourth-order valence-corrected chi connectivity index (χ4v) is 8.40. The van der Waals surface area contributed by atoms with Crippen LogP contribution in [0.4, 0.5) is 4.79 Å². The summed E-state index contributed by atoms with van der Waals surface area (Å²) in [7, 11) is 4.11. The van der Waals surface area contributed by atoms with E-state index in [1.165, 1.54) is 83.8 Å². The Morgan fingerprint density at radius 3 is 2.02 bits per heavy atom. The smallest absolute Gasteiger partial charge is 0.330 e. The Morgan fingerprint density at radius 1 is 0.900 bits per heavy atom. The zero-order valence-electron chi connectivity index (χ0n) is 35.5. The van der Waals surface area contributed by atoms with E-state index >= 15 is 0 Å². The number of urea groups is 1. The predicted octanol–water partition coefficient (Wildman–Crippen LogP) is -0.902. The maximum absolute atomic E-state index is 13.7. The molecule has 9 N–H and O–H groups in total. The SMILES string of the molecule is CCCCCCCCCCCCCCCCN1C(=O)C([C@@H](O)CN(C)[C@H](C(=O)NC)[C@@H](OC2O[C@H](CN)[C@@H](O)[C@H]2O)C2OC(n3ccc(=O)[nH]c3=O)[C@H](O)[C@@H]2O)N(C)C1=O. The molecule has 3 aliphatic rings. The van der Waals surface area contributed by atoms with Crippen molar-refractivity contribution in [3.63, 3.8) is 0 Å². The van der Waals surface area contributed by atoms with E-state index in [0.717, 1.165) is 52.3 Å². The molecule has 4 amide bonds. The molecule has 342 valence electrons. The summed E-state index contributed by atoms with van der Waals surface area (Å²) in [5.74, 6) is -1.37. The molecular weight excluding hydrogens is 786 g/mol. The van der Waals surface area contributed by atoms with Crippen molar-refractivity contribution in [1.82, 2.24) is 29.6 Å². The van der Waals surface area contributed by atoms with Crippen LogP contribution in [0.1, 0.15) is 103 Å². The molecule has 3 fully saturated rings. The van der Waals surface area contributed by atoms with E-state index in [0.29, 0.717) is 6.42 Å². The molecule has 3 aliphatic heterocycles. The lowest BCUT2D eigenvalue weighted by Gasteiger charge is -2.39. The summed E-state index contributed by atoms with van der Waals surface area (Å²) in [6.45, 7) is 1.77. The lowest BCUT2D eigenvalue weighted by atomic mass is 9.96. The highest BCUT2D eigenvalue weighted by Crippen LogP contribution is 2.35. The molecule has 4 rings (SSSR count). The maximum atomic E-state index is 13.7. The number of aromatic amines is 1. The van der Waals surface area contributed by atoms with Crippen molar-refractivity contribution in [1.29, 1.82) is 0 Å². The molecule has 12 atom stereocenters. The minimum Gasteiger partial charge on any atom is -0.389 e. The van der Waals surface area contributed by atoms with E-state index in [1.54, 1.807) is 0 Å². The van der Waals surface area contributed by atoms with Gasteiger partial charge in [0, 0.05) is 46.0 Å². The third-order valence-corrected chi connectivity index (χ3v) is 11.9. The van der Waals surface area contributed by atoms with E-state index in [4.69, 9.17) is 19.9 Å². The monoisotopic (exact) mass is 855 g/mol. The first-order valence-electron chi connectivity index (χ1n) is 21.6. The molecule has 3 saturated heterocycles. The molecule has 0 aliphatic carbocycles. The minimum atomic E-state index is -1.86. The van der Waals surface area contributed by atoms with Crippen LogP contribution in [0.5, 0.6) is 0 Å². The number of nitrogens with two attached hydrogens (primary N) is 1. The van der Waals surface area contributed by atoms with Gasteiger partial charge in [-0.2, -0.15) is 0 Å². The Balaban J connectivity index is 1.41. The number of imide groups is 1. The molecule has 0 bridgehead atoms. The Kier molecular flexibility index (Phi) is 19.6. The maximum Gasteiger partial charge on any atom is 0.330 e. The molecular formula is C40H69N7O13. The van der Waals surface area contributed by atoms with Gasteiger partial charge in [-0.05, 0) is 13.5 Å². The van der Waals surface area contributed by atoms with Gasteiger partial charge in [0.25, 0.3) is 11.5 Å². The Hall–Kier alpha value is -3.31. The van der Waals surface area contributed by atoms with Crippen LogP contribution in [0.15, 0.2) is 21.9 Å². The van der Waals surface area contributed by atoms with Gasteiger partial charge >= 0.3 is 11.7 Å². The molecule has 0 aromatic carbocycles. The molecule has 0 saturated carbocycles. The number of unbranched alkanes of at least 4 members (excludes halogenated alkanes) is 13. The number of nitrogens with one attached hydrogen (secondary N) is 2. The van der Waals surface area contributed by atoms with Gasteiger partial charge in [0.2, 0.25) is 5.91 Å². The molecule has 0 radical (unpaired) electrons. The highest BCUT2D eigenvalue weighted by Gasteiger charge is 2.55. The number of nitrogens with zero attached hydrogens (tertiary/aromatic N) is 4. The van der Waals surface area contributed by atoms with E-state index in [2.05, 4.69) is 12.2 Å². The number of H-pyrrole nitrogens is 1. The normalized spacial score (nSPS) is 28.6. The number of aliphatic hydroxyl groups excluding tert-OH is 5. The van der Waals surface area contributed by atoms with Crippen LogP contribution >= 0.6 is 0 Å². The van der Waals surface area contributed by atoms with Crippen LogP contribution in [-0.2, 0) is 23.8 Å². The van der Waals surface area contributed by atoms with Crippen LogP contribution in [0.2, 0.25) is 0 Å². The van der Waals surface area contributed by atoms with Gasteiger partial charge in [0.15, 0.2) is 12.5 Å². The summed E-state index contributed by atoms with van der Waals surface area (Å²) in [6, 6.07) is -2.41. The number of hydrogen-bond donors (Lipinski definition) is 8. The standard InChI is InChI=1S/C40H69N7O13/c1-5-6-7-8-9-10-11-12-13-14-15-16-17-18-20-46-36(55)27(45(4)40(46)57)24(48)23-44(3)28(35(54)42-2)33(60-38-32(53)29(50)25(22-41)58-38)34-30(51)31(52)37(59-34)47-21-19-26(49)43-39(47)56/h19,21,24-25,27-34,37-38,48,50-53H,5-18,20,22-23,41H2,1-4H3,(H,42,54)(H,43,49,56)/t24-,25+,27?,28-,29+,30-,31+,32+,33+,34?,37?,38?/m0/s1. The zero-order valence-corrected chi connectivity index (χ0v) is 35.5. The van der Waals surface area contributed by atoms with E-state index in [1.807, 2.05) is 4.98 Å². The minimum absolute atomic E-state index is 0.189. The molecule has 0 spiro atoms. The number of amides is 4. The van der Waals surface area contributed by atoms with Gasteiger partial charge in [-0.25, -0.2) is 9.59 Å². The van der Waals surface area contributed by atoms with Gasteiger partial charge < -0.3 is 55.7 Å². The average molecular weight is 856 g/mol. The van der Waals surface area contributed by atoms with Crippen molar-refractivity contribution in [2.24, 2.45) is 5.73 Å². The van der Waals surface area contributed by atoms with Gasteiger partial charge in [0.1, 0.15) is 54.8 Å². The summed E-state index contributed by atoms with van der Waals surface area (Å²) in [5.41, 5.74) is 4.00. The summed E-state index contributed by atoms with van der Waals surface area (Å²) in [6.07, 6.45) is 1.19. The van der Waals surface area contributed by atoms with Crippen molar-refractivity contribution in [2.75, 3.05) is 40.8 Å². The summed E-state index contributed by atoms with van der Waals surface area (Å²) in [4.78, 5) is 70.6. The van der Waals surface area contributed by atoms with E-state index in [9.17, 15) is 49.5 Å². The van der Waals surface area contributed by atoms with Gasteiger partial charge in [0.05, 0.1) is 6.10 Å². The topological polar surface area (TPSA) is 283 Å². The lowest BCUT2D eigenvalue weighted by Crippen LogP contribution is -2.61. The number of rotatable bonds is 26. The molecule has 20 nitrogen and oxygen atoms in total. The molecule has 4 heterocycles. The molecule has 20 heteroatoms. The van der Waals surface area contributed by atoms with Crippen molar-refractivity contribution in [3.8, 4) is 0 Å². The van der Waals surface area contributed by atoms with E-state index < -0.39 is 109 Å². The van der Waals surface area contributed by atoms with Crippen LogP contribution in [0.3, 0.4) is 0 Å². The highest BCUT2D eigenvalue weighted by molar-refractivity contribution is 6.04. The van der Waals surface area contributed by atoms with Gasteiger partial charge in [-0.1, -0.05) is 90.4 Å². The highest BCUT2D eigenvalue weighted by atomic mass is 16.7. The number of carbonyl (C=O) groups excluding carboxylic acids is 3. The van der Waals surface area contributed by atoms with Crippen LogP contribution in [-0.4, -0.2) is 176 Å². The summed E-state index contributed by atoms with van der Waals surface area (Å²) >= 11 is 0. The first-order valence-corrected chi connectivity index (χ1v) is 21.6. The number of ether oxygens (including phenoxy) is 3. The van der Waals surface area contributed by atoms with E-state index in [-0.39, 0.29) is 13.1 Å². The summed E-state index contributed by atoms with van der Waals surface area (Å²) in [5, 5.41) is 57.8. The fraction of sp³-hybridized carbons (Fsp3) is 0.825. The van der Waals surface area contributed by atoms with Crippen LogP contribution in [0, 0.1) is 0 Å². The Morgan fingerprint density at radius 2 is 1.48 bits per heavy atom. The third kappa shape index (κ3) is 12.2. The molecule has 60 heavy (non-hydrogen) atoms. The second-order valence-electron chi connectivity index (χ2n) is 16.3. The first kappa shape index (κ1) is 49.3. The molecule has 4 unspecified atom stereocenters. The van der Waals surface area contributed by atoms with Gasteiger partial charge in [-0.15, -0.1) is 0 Å². The largest absolute Gasteiger partial charge is 0.389 e.